The minimum atomic E-state index is -0.499. The lowest BCUT2D eigenvalue weighted by Crippen LogP contribution is -2.40. The summed E-state index contributed by atoms with van der Waals surface area (Å²) in [5, 5.41) is 3.49. The molecule has 0 spiro atoms. The largest absolute Gasteiger partial charge is 0.462 e. The highest BCUT2D eigenvalue weighted by molar-refractivity contribution is 8.00. The third kappa shape index (κ3) is 77.2. The van der Waals surface area contributed by atoms with Crippen LogP contribution >= 0.6 is 58.8 Å². The molecule has 0 radical (unpaired) electrons. The molecule has 121 heavy (non-hydrogen) atoms. The Kier molecular flexibility index (Phi) is 84.3. The minimum absolute atomic E-state index is 0.00587. The molecule has 708 valence electrons. The van der Waals surface area contributed by atoms with Crippen LogP contribution in [0.15, 0.2) is 0 Å². The fraction of sp³-hybridized carbons (Fsp3) is 0.891. The van der Waals surface area contributed by atoms with Crippen molar-refractivity contribution in [2.75, 3.05) is 196 Å². The van der Waals surface area contributed by atoms with Crippen molar-refractivity contribution in [3.05, 3.63) is 0 Å². The molecule has 0 aromatic carbocycles. The van der Waals surface area contributed by atoms with Crippen molar-refractivity contribution >= 4 is 119 Å². The smallest absolute Gasteiger partial charge is 0.309 e. The van der Waals surface area contributed by atoms with Gasteiger partial charge in [-0.1, -0.05) is 230 Å². The summed E-state index contributed by atoms with van der Waals surface area (Å²) in [6, 6.07) is 0. The number of carbonyl (C=O) groups is 10. The van der Waals surface area contributed by atoms with Crippen LogP contribution in [-0.2, 0) is 95.3 Å². The fourth-order valence-corrected chi connectivity index (χ4v) is 17.8. The Bertz CT molecular complexity index is 2430. The summed E-state index contributed by atoms with van der Waals surface area (Å²) in [4.78, 5) is 136. The standard InChI is InChI=1S/C92H170N4O20S5/c1-11-16-21-26-31-36-68-117-73-78(6)88(102)112-63-58-107-83(97)42-51-94(52-43-84(98)108-59-64-113-89(103)79(7)74-118-69-37-32-27-22-17-12-2)49-41-50-95(53-44-85(99)109-60-65-114-90(104)80(8)75-119-70-38-33-28-23-18-13-3)56-47-93-48-57-96(54-45-86(100)110-61-66-115-91(105)81(9)76-120-71-39-34-29-24-19-14-4)55-46-87(101)111-62-67-116-92(106)82(10)77-121-72-40-35-30-25-20-15-5/h78-82,93H,11-77H2,1-10H3. The van der Waals surface area contributed by atoms with Gasteiger partial charge < -0.3 is 67.4 Å². The first-order chi connectivity index (χ1) is 58.7. The van der Waals surface area contributed by atoms with Gasteiger partial charge in [0.05, 0.1) is 61.7 Å². The quantitative estimate of drug-likeness (QED) is 0.0336. The van der Waals surface area contributed by atoms with Crippen molar-refractivity contribution < 1.29 is 95.3 Å². The minimum Gasteiger partial charge on any atom is -0.462 e. The van der Waals surface area contributed by atoms with Crippen molar-refractivity contribution in [3.63, 3.8) is 0 Å². The summed E-state index contributed by atoms with van der Waals surface area (Å²) in [5.74, 6) is 2.60. The monoisotopic (exact) mass is 1810 g/mol. The van der Waals surface area contributed by atoms with E-state index >= 15 is 0 Å². The van der Waals surface area contributed by atoms with Crippen LogP contribution in [0.25, 0.3) is 0 Å². The third-order valence-electron chi connectivity index (χ3n) is 20.3. The molecule has 0 heterocycles. The lowest BCUT2D eigenvalue weighted by Gasteiger charge is -2.26. The number of unbranched alkanes of at least 4 members (excludes halogenated alkanes) is 25. The number of esters is 10. The van der Waals surface area contributed by atoms with Gasteiger partial charge in [-0.15, -0.1) is 0 Å². The van der Waals surface area contributed by atoms with Crippen LogP contribution in [0, 0.1) is 29.6 Å². The maximum atomic E-state index is 13.4. The molecular formula is C92H170N4O20S5. The Morgan fingerprint density at radius 2 is 0.397 bits per heavy atom. The summed E-state index contributed by atoms with van der Waals surface area (Å²) < 4.78 is 55.1. The molecule has 0 rings (SSSR count). The number of nitrogens with zero attached hydrogens (tertiary/aromatic N) is 3. The average molecular weight is 1810 g/mol. The van der Waals surface area contributed by atoms with Gasteiger partial charge in [0.25, 0.3) is 0 Å². The van der Waals surface area contributed by atoms with E-state index in [2.05, 4.69) is 44.8 Å². The van der Waals surface area contributed by atoms with E-state index in [1.54, 1.807) is 58.8 Å². The number of hydrogen-bond acceptors (Lipinski definition) is 29. The van der Waals surface area contributed by atoms with Gasteiger partial charge in [0.1, 0.15) is 66.1 Å². The highest BCUT2D eigenvalue weighted by atomic mass is 32.2. The first-order valence-corrected chi connectivity index (χ1v) is 52.9. The highest BCUT2D eigenvalue weighted by Crippen LogP contribution is 2.21. The molecule has 0 aliphatic rings. The lowest BCUT2D eigenvalue weighted by molar-refractivity contribution is -0.154. The molecule has 0 aromatic rings. The summed E-state index contributed by atoms with van der Waals surface area (Å²) in [5.41, 5.74) is 0. The highest BCUT2D eigenvalue weighted by Gasteiger charge is 2.23. The predicted molar refractivity (Wildman–Crippen MR) is 499 cm³/mol. The van der Waals surface area contributed by atoms with E-state index in [-0.39, 0.29) is 184 Å². The number of thioether (sulfide) groups is 5. The number of ether oxygens (including phenoxy) is 10. The first kappa shape index (κ1) is 117. The molecule has 5 unspecified atom stereocenters. The Morgan fingerprint density at radius 3 is 0.603 bits per heavy atom. The first-order valence-electron chi connectivity index (χ1n) is 47.1. The Morgan fingerprint density at radius 1 is 0.223 bits per heavy atom. The van der Waals surface area contributed by atoms with Gasteiger partial charge >= 0.3 is 59.7 Å². The number of carbonyl (C=O) groups excluding carboxylic acids is 10. The maximum absolute atomic E-state index is 13.4. The molecule has 0 aliphatic heterocycles. The third-order valence-corrected chi connectivity index (χ3v) is 26.9. The molecule has 0 saturated carbocycles. The molecular weight excluding hydrogens is 1640 g/mol. The summed E-state index contributed by atoms with van der Waals surface area (Å²) >= 11 is 8.74. The Balaban J connectivity index is 6.35. The van der Waals surface area contributed by atoms with Crippen molar-refractivity contribution in [2.45, 2.75) is 300 Å². The number of hydrogen-bond donors (Lipinski definition) is 1. The van der Waals surface area contributed by atoms with Gasteiger partial charge in [-0.05, 0) is 80.4 Å². The summed E-state index contributed by atoms with van der Waals surface area (Å²) in [6.07, 6.45) is 36.8. The van der Waals surface area contributed by atoms with E-state index in [1.807, 2.05) is 44.4 Å². The van der Waals surface area contributed by atoms with Crippen molar-refractivity contribution in [1.82, 2.24) is 20.0 Å². The summed E-state index contributed by atoms with van der Waals surface area (Å²) in [6.45, 7) is 23.3. The van der Waals surface area contributed by atoms with Crippen molar-refractivity contribution in [2.24, 2.45) is 29.6 Å². The van der Waals surface area contributed by atoms with Crippen molar-refractivity contribution in [3.8, 4) is 0 Å². The second-order valence-electron chi connectivity index (χ2n) is 32.0. The van der Waals surface area contributed by atoms with Crippen LogP contribution in [-0.4, -0.2) is 270 Å². The zero-order valence-corrected chi connectivity index (χ0v) is 81.4. The zero-order chi connectivity index (χ0) is 89.1. The van der Waals surface area contributed by atoms with E-state index in [0.29, 0.717) is 81.0 Å². The maximum Gasteiger partial charge on any atom is 0.309 e. The molecule has 29 heteroatoms. The fourth-order valence-electron chi connectivity index (χ4n) is 12.5. The van der Waals surface area contributed by atoms with E-state index in [0.717, 1.165) is 60.9 Å². The average Bonchev–Trinajstić information content (AvgIpc) is 0.945. The Hall–Kier alpha value is -3.71. The van der Waals surface area contributed by atoms with Gasteiger partial charge in [-0.3, -0.25) is 47.9 Å². The van der Waals surface area contributed by atoms with Crippen LogP contribution in [0.5, 0.6) is 0 Å². The SMILES string of the molecule is CCCCCCCCSCC(C)C(=O)OCCOC(=O)CCN(CCCN(CCC(=O)OCCOC(=O)C(C)CSCCCCCCCC)CCC(=O)OCCOC(=O)C(C)CSCCCCCCCC)CCNCCN(CCC(=O)OCCOC(=O)C(C)CSCCCCCCCC)CCC(=O)OCCOC(=O)C(C)CSCCCCCCCC. The van der Waals surface area contributed by atoms with Crippen LogP contribution in [0.2, 0.25) is 0 Å². The Labute approximate surface area is 754 Å². The van der Waals surface area contributed by atoms with Gasteiger partial charge in [-0.25, -0.2) is 0 Å². The molecule has 0 amide bonds. The van der Waals surface area contributed by atoms with E-state index in [9.17, 15) is 47.9 Å². The molecule has 0 saturated heterocycles. The predicted octanol–water partition coefficient (Wildman–Crippen LogP) is 17.9. The summed E-state index contributed by atoms with van der Waals surface area (Å²) in [7, 11) is 0. The van der Waals surface area contributed by atoms with E-state index in [1.165, 1.54) is 161 Å². The van der Waals surface area contributed by atoms with Crippen LogP contribution < -0.4 is 5.32 Å². The molecule has 1 N–H and O–H groups in total. The van der Waals surface area contributed by atoms with Gasteiger partial charge in [0.2, 0.25) is 0 Å². The van der Waals surface area contributed by atoms with Crippen LogP contribution in [0.3, 0.4) is 0 Å². The molecule has 0 aromatic heterocycles. The van der Waals surface area contributed by atoms with E-state index < -0.39 is 29.8 Å². The van der Waals surface area contributed by atoms with E-state index in [4.69, 9.17) is 47.4 Å². The second kappa shape index (κ2) is 87.0. The molecule has 0 fully saturated rings. The van der Waals surface area contributed by atoms with Crippen LogP contribution in [0.4, 0.5) is 0 Å². The molecule has 24 nitrogen and oxygen atoms in total. The van der Waals surface area contributed by atoms with Gasteiger partial charge in [0.15, 0.2) is 0 Å². The van der Waals surface area contributed by atoms with Crippen LogP contribution in [0.1, 0.15) is 300 Å². The second-order valence-corrected chi connectivity index (χ2v) is 37.8. The van der Waals surface area contributed by atoms with Gasteiger partial charge in [0, 0.05) is 87.7 Å². The molecule has 0 bridgehead atoms. The normalized spacial score (nSPS) is 12.7. The molecule has 5 atom stereocenters. The molecule has 0 aliphatic carbocycles. The number of rotatable bonds is 90. The van der Waals surface area contributed by atoms with Gasteiger partial charge in [-0.2, -0.15) is 58.8 Å². The topological polar surface area (TPSA) is 285 Å². The lowest BCUT2D eigenvalue weighted by atomic mass is 10.1. The number of nitrogens with one attached hydrogen (secondary N) is 1. The van der Waals surface area contributed by atoms with Crippen molar-refractivity contribution in [1.29, 1.82) is 0 Å². The zero-order valence-electron chi connectivity index (χ0n) is 77.3.